The topological polar surface area (TPSA) is 59.3 Å². The summed E-state index contributed by atoms with van der Waals surface area (Å²) in [6, 6.07) is 9.88. The third-order valence-corrected chi connectivity index (χ3v) is 4.34. The highest BCUT2D eigenvalue weighted by atomic mass is 19.1. The highest BCUT2D eigenvalue weighted by molar-refractivity contribution is 5.76. The van der Waals surface area contributed by atoms with Gasteiger partial charge in [-0.25, -0.2) is 4.39 Å². The number of halogens is 1. The summed E-state index contributed by atoms with van der Waals surface area (Å²) in [5, 5.41) is 2.00. The molecule has 1 aliphatic heterocycles. The predicted molar refractivity (Wildman–Crippen MR) is 90.0 cm³/mol. The molecule has 3 rings (SSSR count). The summed E-state index contributed by atoms with van der Waals surface area (Å²) in [6.45, 7) is 2.81. The van der Waals surface area contributed by atoms with Gasteiger partial charge in [0.05, 0.1) is 12.8 Å². The fourth-order valence-electron chi connectivity index (χ4n) is 2.99. The highest BCUT2D eigenvalue weighted by Crippen LogP contribution is 2.12. The largest absolute Gasteiger partial charge is 0.467 e. The Labute approximate surface area is 146 Å². The van der Waals surface area contributed by atoms with E-state index in [1.807, 2.05) is 11.4 Å². The van der Waals surface area contributed by atoms with Crippen molar-refractivity contribution < 1.29 is 23.7 Å². The van der Waals surface area contributed by atoms with Gasteiger partial charge in [-0.05, 0) is 42.7 Å². The maximum Gasteiger partial charge on any atom is 0.278 e. The Balaban J connectivity index is 1.58. The predicted octanol–water partition coefficient (Wildman–Crippen LogP) is 1.69. The van der Waals surface area contributed by atoms with Gasteiger partial charge in [0.1, 0.15) is 24.2 Å². The summed E-state index contributed by atoms with van der Waals surface area (Å²) in [5.74, 6) is 0.478. The molecule has 0 aliphatic carbocycles. The second-order valence-corrected chi connectivity index (χ2v) is 6.32. The van der Waals surface area contributed by atoms with Crippen molar-refractivity contribution in [1.29, 1.82) is 0 Å². The van der Waals surface area contributed by atoms with E-state index in [4.69, 9.17) is 9.15 Å². The van der Waals surface area contributed by atoms with E-state index in [1.54, 1.807) is 29.4 Å². The summed E-state index contributed by atoms with van der Waals surface area (Å²) in [6.07, 6.45) is 4.01. The number of rotatable bonds is 8. The average molecular weight is 347 g/mol. The molecule has 0 radical (unpaired) electrons. The molecule has 2 N–H and O–H groups in total. The molecule has 1 saturated heterocycles. The average Bonchev–Trinajstić information content (AvgIpc) is 3.30. The maximum absolute atomic E-state index is 13.1. The highest BCUT2D eigenvalue weighted by Gasteiger charge is 2.20. The molecule has 6 heteroatoms. The molecule has 1 aromatic heterocycles. The van der Waals surface area contributed by atoms with Crippen LogP contribution in [0.15, 0.2) is 47.1 Å². The molecule has 0 spiro atoms. The van der Waals surface area contributed by atoms with Crippen molar-refractivity contribution in [1.82, 2.24) is 4.90 Å². The monoisotopic (exact) mass is 347 g/mol. The lowest BCUT2D eigenvalue weighted by Gasteiger charge is -2.21. The van der Waals surface area contributed by atoms with Crippen LogP contribution in [0.1, 0.15) is 24.2 Å². The Morgan fingerprint density at radius 2 is 2.08 bits per heavy atom. The van der Waals surface area contributed by atoms with E-state index < -0.39 is 0 Å². The molecule has 5 nitrogen and oxygen atoms in total. The third-order valence-electron chi connectivity index (χ3n) is 4.34. The SMILES string of the molecule is O=C(C[NH2+]C[C@@H]1CCCO1)N(Cc1ccc(F)cc1)Cc1ccco1. The first-order valence-electron chi connectivity index (χ1n) is 8.68. The lowest BCUT2D eigenvalue weighted by atomic mass is 10.2. The smallest absolute Gasteiger partial charge is 0.278 e. The van der Waals surface area contributed by atoms with Gasteiger partial charge >= 0.3 is 0 Å². The van der Waals surface area contributed by atoms with Crippen LogP contribution in [0, 0.1) is 5.82 Å². The molecule has 1 atom stereocenters. The Bertz CT molecular complexity index is 652. The number of nitrogens with two attached hydrogens (primary N) is 1. The number of carbonyl (C=O) groups is 1. The fraction of sp³-hybridized carbons (Fsp3) is 0.421. The number of furan rings is 1. The van der Waals surface area contributed by atoms with Crippen molar-refractivity contribution in [2.45, 2.75) is 32.0 Å². The zero-order valence-electron chi connectivity index (χ0n) is 14.2. The molecular weight excluding hydrogens is 323 g/mol. The first kappa shape index (κ1) is 17.6. The van der Waals surface area contributed by atoms with Gasteiger partial charge in [-0.2, -0.15) is 0 Å². The van der Waals surface area contributed by atoms with E-state index in [0.29, 0.717) is 19.6 Å². The number of amides is 1. The molecule has 0 saturated carbocycles. The van der Waals surface area contributed by atoms with E-state index >= 15 is 0 Å². The van der Waals surface area contributed by atoms with Crippen molar-refractivity contribution in [3.8, 4) is 0 Å². The lowest BCUT2D eigenvalue weighted by Crippen LogP contribution is -2.88. The van der Waals surface area contributed by atoms with E-state index in [0.717, 1.165) is 37.3 Å². The van der Waals surface area contributed by atoms with Crippen molar-refractivity contribution in [3.63, 3.8) is 0 Å². The van der Waals surface area contributed by atoms with Gasteiger partial charge in [0.15, 0.2) is 6.54 Å². The molecule has 0 bridgehead atoms. The minimum atomic E-state index is -0.280. The minimum absolute atomic E-state index is 0.0266. The molecule has 1 amide bonds. The van der Waals surface area contributed by atoms with Crippen LogP contribution in [0.2, 0.25) is 0 Å². The van der Waals surface area contributed by atoms with Crippen LogP contribution in [-0.4, -0.2) is 36.6 Å². The minimum Gasteiger partial charge on any atom is -0.467 e. The molecule has 2 heterocycles. The van der Waals surface area contributed by atoms with E-state index in [2.05, 4.69) is 0 Å². The fourth-order valence-corrected chi connectivity index (χ4v) is 2.99. The van der Waals surface area contributed by atoms with E-state index in [-0.39, 0.29) is 17.8 Å². The van der Waals surface area contributed by atoms with Gasteiger partial charge < -0.3 is 19.4 Å². The van der Waals surface area contributed by atoms with Crippen LogP contribution < -0.4 is 5.32 Å². The van der Waals surface area contributed by atoms with Crippen LogP contribution in [0.25, 0.3) is 0 Å². The summed E-state index contributed by atoms with van der Waals surface area (Å²) in [7, 11) is 0. The summed E-state index contributed by atoms with van der Waals surface area (Å²) in [4.78, 5) is 14.4. The van der Waals surface area contributed by atoms with Crippen molar-refractivity contribution >= 4 is 5.91 Å². The summed E-state index contributed by atoms with van der Waals surface area (Å²) < 4.78 is 24.0. The zero-order valence-corrected chi connectivity index (χ0v) is 14.2. The molecule has 1 aliphatic rings. The van der Waals surface area contributed by atoms with Gasteiger partial charge in [0.25, 0.3) is 5.91 Å². The third kappa shape index (κ3) is 5.41. The van der Waals surface area contributed by atoms with Crippen molar-refractivity contribution in [3.05, 3.63) is 59.8 Å². The molecule has 2 aromatic rings. The first-order chi connectivity index (χ1) is 12.2. The molecule has 134 valence electrons. The molecule has 0 unspecified atom stereocenters. The Hall–Kier alpha value is -2.18. The normalized spacial score (nSPS) is 16.9. The van der Waals surface area contributed by atoms with Gasteiger partial charge in [-0.1, -0.05) is 12.1 Å². The number of hydrogen-bond acceptors (Lipinski definition) is 3. The Morgan fingerprint density at radius 1 is 1.24 bits per heavy atom. The second kappa shape index (κ2) is 8.78. The lowest BCUT2D eigenvalue weighted by molar-refractivity contribution is -0.650. The molecule has 1 fully saturated rings. The number of carbonyl (C=O) groups excluding carboxylic acids is 1. The molecule has 25 heavy (non-hydrogen) atoms. The van der Waals surface area contributed by atoms with Crippen LogP contribution in [0.4, 0.5) is 4.39 Å². The van der Waals surface area contributed by atoms with Gasteiger partial charge in [-0.15, -0.1) is 0 Å². The molecule has 1 aromatic carbocycles. The molecular formula is C19H24FN2O3+. The number of ether oxygens (including phenoxy) is 1. The second-order valence-electron chi connectivity index (χ2n) is 6.32. The van der Waals surface area contributed by atoms with Crippen molar-refractivity contribution in [2.75, 3.05) is 19.7 Å². The van der Waals surface area contributed by atoms with Gasteiger partial charge in [0.2, 0.25) is 0 Å². The standard InChI is InChI=1S/C19H23FN2O3/c20-16-7-5-15(6-8-16)13-22(14-18-4-2-10-25-18)19(23)12-21-11-17-3-1-9-24-17/h2,4-8,10,17,21H,1,3,9,11-14H2/p+1/t17-/m0/s1. The van der Waals surface area contributed by atoms with Crippen LogP contribution in [-0.2, 0) is 22.6 Å². The van der Waals surface area contributed by atoms with E-state index in [1.165, 1.54) is 12.1 Å². The number of hydrogen-bond donors (Lipinski definition) is 1. The maximum atomic E-state index is 13.1. The van der Waals surface area contributed by atoms with Crippen molar-refractivity contribution in [2.24, 2.45) is 0 Å². The van der Waals surface area contributed by atoms with Crippen LogP contribution >= 0.6 is 0 Å². The summed E-state index contributed by atoms with van der Waals surface area (Å²) >= 11 is 0. The first-order valence-corrected chi connectivity index (χ1v) is 8.68. The number of quaternary nitrogens is 1. The zero-order chi connectivity index (χ0) is 17.5. The summed E-state index contributed by atoms with van der Waals surface area (Å²) in [5.41, 5.74) is 0.889. The van der Waals surface area contributed by atoms with E-state index in [9.17, 15) is 9.18 Å². The van der Waals surface area contributed by atoms with Crippen LogP contribution in [0.5, 0.6) is 0 Å². The Morgan fingerprint density at radius 3 is 2.76 bits per heavy atom. The number of benzene rings is 1. The van der Waals surface area contributed by atoms with Gasteiger partial charge in [-0.3, -0.25) is 4.79 Å². The van der Waals surface area contributed by atoms with Gasteiger partial charge in [0, 0.05) is 13.2 Å². The quantitative estimate of drug-likeness (QED) is 0.791. The Kier molecular flexibility index (Phi) is 6.19. The number of nitrogens with zero attached hydrogens (tertiary/aromatic N) is 1. The van der Waals surface area contributed by atoms with Crippen LogP contribution in [0.3, 0.4) is 0 Å².